The summed E-state index contributed by atoms with van der Waals surface area (Å²) in [5, 5.41) is 19.0. The van der Waals surface area contributed by atoms with Crippen molar-refractivity contribution in [3.05, 3.63) is 57.4 Å². The molecule has 0 atom stereocenters. The number of carbonyl (C=O) groups excluding carboxylic acids is 1. The predicted molar refractivity (Wildman–Crippen MR) is 88.0 cm³/mol. The fourth-order valence-corrected chi connectivity index (χ4v) is 2.90. The molecule has 0 unspecified atom stereocenters. The summed E-state index contributed by atoms with van der Waals surface area (Å²) in [6, 6.07) is 6.24. The van der Waals surface area contributed by atoms with Crippen molar-refractivity contribution in [2.75, 3.05) is 0 Å². The van der Waals surface area contributed by atoms with E-state index < -0.39 is 18.4 Å². The van der Waals surface area contributed by atoms with Crippen molar-refractivity contribution in [1.29, 1.82) is 0 Å². The van der Waals surface area contributed by atoms with Crippen LogP contribution in [-0.4, -0.2) is 32.5 Å². The van der Waals surface area contributed by atoms with E-state index in [-0.39, 0.29) is 22.7 Å². The molecular formula is C17H16ClNO5. The van der Waals surface area contributed by atoms with E-state index in [1.54, 1.807) is 31.2 Å². The number of carbonyl (C=O) groups is 3. The Kier molecular flexibility index (Phi) is 5.09. The average Bonchev–Trinajstić information content (AvgIpc) is 2.79. The Balaban J connectivity index is 2.68. The van der Waals surface area contributed by atoms with Crippen LogP contribution in [0.2, 0.25) is 5.02 Å². The van der Waals surface area contributed by atoms with Gasteiger partial charge in [-0.3, -0.25) is 9.59 Å². The van der Waals surface area contributed by atoms with Crippen molar-refractivity contribution >= 4 is 29.3 Å². The second kappa shape index (κ2) is 6.88. The van der Waals surface area contributed by atoms with Crippen LogP contribution in [0, 0.1) is 0 Å². The molecule has 126 valence electrons. The molecule has 0 amide bonds. The van der Waals surface area contributed by atoms with Crippen molar-refractivity contribution in [3.63, 3.8) is 0 Å². The molecule has 0 saturated carbocycles. The number of rotatable bonds is 6. The number of carboxylic acids is 2. The number of benzene rings is 1. The van der Waals surface area contributed by atoms with E-state index in [4.69, 9.17) is 16.7 Å². The second-order valence-corrected chi connectivity index (χ2v) is 5.71. The van der Waals surface area contributed by atoms with Crippen LogP contribution in [0.1, 0.15) is 44.6 Å². The zero-order chi connectivity index (χ0) is 18.0. The minimum atomic E-state index is -1.24. The first-order valence-corrected chi connectivity index (χ1v) is 7.61. The standard InChI is InChI=1S/C17H16ClNO5/c1-3-11-14(17(23)24)12(8-13(20)21)19(2)15(11)16(22)9-4-6-10(18)7-5-9/h4-7H,3,8H2,1-2H3,(H,20,21)(H,23,24). The van der Waals surface area contributed by atoms with Gasteiger partial charge < -0.3 is 14.8 Å². The van der Waals surface area contributed by atoms with Crippen LogP contribution in [0.3, 0.4) is 0 Å². The van der Waals surface area contributed by atoms with Gasteiger partial charge in [-0.05, 0) is 36.2 Å². The number of aromatic carboxylic acids is 1. The van der Waals surface area contributed by atoms with E-state index in [2.05, 4.69) is 0 Å². The van der Waals surface area contributed by atoms with Crippen molar-refractivity contribution in [1.82, 2.24) is 4.57 Å². The van der Waals surface area contributed by atoms with Crippen LogP contribution < -0.4 is 0 Å². The Bertz CT molecular complexity index is 820. The summed E-state index contributed by atoms with van der Waals surface area (Å²) >= 11 is 5.82. The quantitative estimate of drug-likeness (QED) is 0.782. The first-order valence-electron chi connectivity index (χ1n) is 7.23. The largest absolute Gasteiger partial charge is 0.481 e. The Morgan fingerprint density at radius 2 is 1.71 bits per heavy atom. The number of hydrogen-bond acceptors (Lipinski definition) is 3. The molecule has 0 saturated heterocycles. The molecular weight excluding hydrogens is 334 g/mol. The SMILES string of the molecule is CCc1c(C(=O)O)c(CC(=O)O)n(C)c1C(=O)c1ccc(Cl)cc1. The monoisotopic (exact) mass is 349 g/mol. The molecule has 24 heavy (non-hydrogen) atoms. The number of carboxylic acid groups (broad SMARTS) is 2. The van der Waals surface area contributed by atoms with Crippen molar-refractivity contribution < 1.29 is 24.6 Å². The highest BCUT2D eigenvalue weighted by molar-refractivity contribution is 6.30. The maximum Gasteiger partial charge on any atom is 0.337 e. The molecule has 2 aromatic rings. The van der Waals surface area contributed by atoms with Crippen LogP contribution in [0.5, 0.6) is 0 Å². The molecule has 2 N–H and O–H groups in total. The van der Waals surface area contributed by atoms with Gasteiger partial charge in [0.25, 0.3) is 0 Å². The third kappa shape index (κ3) is 3.19. The fourth-order valence-electron chi connectivity index (χ4n) is 2.77. The van der Waals surface area contributed by atoms with Gasteiger partial charge in [0, 0.05) is 23.3 Å². The second-order valence-electron chi connectivity index (χ2n) is 5.27. The number of hydrogen-bond donors (Lipinski definition) is 2. The van der Waals surface area contributed by atoms with E-state index in [1.807, 2.05) is 0 Å². The molecule has 0 bridgehead atoms. The van der Waals surface area contributed by atoms with Gasteiger partial charge >= 0.3 is 11.9 Å². The highest BCUT2D eigenvalue weighted by Crippen LogP contribution is 2.26. The third-order valence-corrected chi connectivity index (χ3v) is 4.08. The summed E-state index contributed by atoms with van der Waals surface area (Å²) in [6.45, 7) is 1.73. The van der Waals surface area contributed by atoms with E-state index in [0.29, 0.717) is 22.6 Å². The highest BCUT2D eigenvalue weighted by atomic mass is 35.5. The molecule has 1 aromatic carbocycles. The van der Waals surface area contributed by atoms with Gasteiger partial charge in [-0.15, -0.1) is 0 Å². The first-order chi connectivity index (χ1) is 11.3. The van der Waals surface area contributed by atoms with Crippen molar-refractivity contribution in [3.8, 4) is 0 Å². The minimum Gasteiger partial charge on any atom is -0.481 e. The van der Waals surface area contributed by atoms with Crippen LogP contribution in [0.4, 0.5) is 0 Å². The lowest BCUT2D eigenvalue weighted by Gasteiger charge is -2.07. The average molecular weight is 350 g/mol. The maximum atomic E-state index is 12.8. The Morgan fingerprint density at radius 1 is 1.12 bits per heavy atom. The van der Waals surface area contributed by atoms with Gasteiger partial charge in [0.05, 0.1) is 17.7 Å². The number of ketones is 1. The lowest BCUT2D eigenvalue weighted by atomic mass is 10.00. The smallest absolute Gasteiger partial charge is 0.337 e. The summed E-state index contributed by atoms with van der Waals surface area (Å²) in [5.41, 5.74) is 0.868. The predicted octanol–water partition coefficient (Wildman–Crippen LogP) is 2.80. The van der Waals surface area contributed by atoms with Gasteiger partial charge in [0.2, 0.25) is 5.78 Å². The van der Waals surface area contributed by atoms with Crippen LogP contribution in [0.25, 0.3) is 0 Å². The van der Waals surface area contributed by atoms with Gasteiger partial charge in [0.1, 0.15) is 0 Å². The molecule has 0 spiro atoms. The Labute approximate surface area is 143 Å². The summed E-state index contributed by atoms with van der Waals surface area (Å²) in [6.07, 6.45) is -0.178. The molecule has 1 aromatic heterocycles. The number of nitrogens with zero attached hydrogens (tertiary/aromatic N) is 1. The molecule has 6 nitrogen and oxygen atoms in total. The van der Waals surface area contributed by atoms with Crippen molar-refractivity contribution in [2.24, 2.45) is 7.05 Å². The lowest BCUT2D eigenvalue weighted by molar-refractivity contribution is -0.136. The highest BCUT2D eigenvalue weighted by Gasteiger charge is 2.29. The van der Waals surface area contributed by atoms with Crippen molar-refractivity contribution in [2.45, 2.75) is 19.8 Å². The molecule has 7 heteroatoms. The van der Waals surface area contributed by atoms with Crippen LogP contribution in [-0.2, 0) is 24.7 Å². The van der Waals surface area contributed by atoms with Crippen LogP contribution in [0.15, 0.2) is 24.3 Å². The number of halogens is 1. The molecule has 1 heterocycles. The van der Waals surface area contributed by atoms with E-state index >= 15 is 0 Å². The number of aromatic nitrogens is 1. The molecule has 0 fully saturated rings. The Hall–Kier alpha value is -2.60. The first kappa shape index (κ1) is 17.7. The number of aliphatic carboxylic acids is 1. The minimum absolute atomic E-state index is 0.101. The fraction of sp³-hybridized carbons (Fsp3) is 0.235. The van der Waals surface area contributed by atoms with E-state index in [0.717, 1.165) is 0 Å². The van der Waals surface area contributed by atoms with Gasteiger partial charge in [-0.1, -0.05) is 18.5 Å². The summed E-state index contributed by atoms with van der Waals surface area (Å²) in [7, 11) is 1.51. The van der Waals surface area contributed by atoms with Gasteiger partial charge in [-0.2, -0.15) is 0 Å². The summed E-state index contributed by atoms with van der Waals surface area (Å²) < 4.78 is 1.37. The zero-order valence-electron chi connectivity index (χ0n) is 13.2. The molecule has 2 rings (SSSR count). The maximum absolute atomic E-state index is 12.8. The van der Waals surface area contributed by atoms with E-state index in [1.165, 1.54) is 11.6 Å². The lowest BCUT2D eigenvalue weighted by Crippen LogP contribution is -2.13. The molecule has 0 radical (unpaired) electrons. The molecule has 0 aliphatic heterocycles. The molecule has 0 aliphatic carbocycles. The summed E-state index contributed by atoms with van der Waals surface area (Å²) in [5.74, 6) is -2.77. The topological polar surface area (TPSA) is 96.6 Å². The molecule has 0 aliphatic rings. The van der Waals surface area contributed by atoms with Gasteiger partial charge in [0.15, 0.2) is 0 Å². The Morgan fingerprint density at radius 3 is 2.17 bits per heavy atom. The third-order valence-electron chi connectivity index (χ3n) is 3.82. The van der Waals surface area contributed by atoms with Gasteiger partial charge in [-0.25, -0.2) is 4.79 Å². The normalized spacial score (nSPS) is 10.6. The zero-order valence-corrected chi connectivity index (χ0v) is 13.9. The summed E-state index contributed by atoms with van der Waals surface area (Å²) in [4.78, 5) is 35.5. The van der Waals surface area contributed by atoms with E-state index in [9.17, 15) is 19.5 Å². The van der Waals surface area contributed by atoms with Crippen LogP contribution >= 0.6 is 11.6 Å².